The zero-order chi connectivity index (χ0) is 20.3. The molecule has 4 rings (SSSR count). The number of nitrogens with zero attached hydrogens (tertiary/aromatic N) is 1. The smallest absolute Gasteiger partial charge is 0.397 e. The minimum Gasteiger partial charge on any atom is -0.432 e. The molecule has 0 aromatic heterocycles. The number of halogens is 2. The molecule has 0 saturated heterocycles. The summed E-state index contributed by atoms with van der Waals surface area (Å²) in [6.07, 6.45) is -0.647. The summed E-state index contributed by atoms with van der Waals surface area (Å²) in [5.74, 6) is 0. The molecular formula is C24H25BCl2N2. The predicted octanol–water partition coefficient (Wildman–Crippen LogP) is 4.08. The maximum Gasteiger partial charge on any atom is 0.397 e. The fourth-order valence-electron chi connectivity index (χ4n) is 4.65. The van der Waals surface area contributed by atoms with Gasteiger partial charge < -0.3 is 9.71 Å². The molecule has 0 aliphatic carbocycles. The van der Waals surface area contributed by atoms with Crippen LogP contribution in [0.15, 0.2) is 91.0 Å². The lowest BCUT2D eigenvalue weighted by molar-refractivity contribution is -0.421. The fourth-order valence-corrected chi connectivity index (χ4v) is 4.97. The molecule has 1 unspecified atom stereocenters. The number of rotatable bonds is 5. The van der Waals surface area contributed by atoms with Crippen molar-refractivity contribution in [2.45, 2.75) is 30.8 Å². The Bertz CT molecular complexity index is 936. The molecule has 1 aliphatic rings. The molecule has 3 aromatic carbocycles. The van der Waals surface area contributed by atoms with E-state index in [1.807, 2.05) is 0 Å². The Balaban J connectivity index is 1.96. The Kier molecular flexibility index (Phi) is 6.10. The Hall–Kier alpha value is -2.07. The number of benzene rings is 3. The quantitative estimate of drug-likeness (QED) is 0.483. The largest absolute Gasteiger partial charge is 0.432 e. The highest BCUT2D eigenvalue weighted by atomic mass is 35.5. The van der Waals surface area contributed by atoms with Gasteiger partial charge in [0.05, 0.1) is 5.71 Å². The Morgan fingerprint density at radius 3 is 1.83 bits per heavy atom. The van der Waals surface area contributed by atoms with Crippen molar-refractivity contribution < 1.29 is 4.49 Å². The second-order valence-corrected chi connectivity index (χ2v) is 8.97. The molecule has 1 atom stereocenters. The monoisotopic (exact) mass is 422 g/mol. The van der Waals surface area contributed by atoms with E-state index in [4.69, 9.17) is 23.2 Å². The summed E-state index contributed by atoms with van der Waals surface area (Å²) in [7, 11) is 0. The number of nitrogens with one attached hydrogen (secondary N) is 1. The molecule has 0 spiro atoms. The van der Waals surface area contributed by atoms with Crippen LogP contribution in [-0.2, 0) is 6.54 Å². The van der Waals surface area contributed by atoms with Gasteiger partial charge in [-0.3, -0.25) is 0 Å². The van der Waals surface area contributed by atoms with Crippen molar-refractivity contribution in [3.63, 3.8) is 0 Å². The first-order valence-corrected chi connectivity index (χ1v) is 10.9. The van der Waals surface area contributed by atoms with Crippen molar-refractivity contribution >= 4 is 46.3 Å². The van der Waals surface area contributed by atoms with Gasteiger partial charge >= 0.3 is 6.42 Å². The van der Waals surface area contributed by atoms with Gasteiger partial charge in [0.1, 0.15) is 11.4 Å². The normalized spacial score (nSPS) is 18.8. The van der Waals surface area contributed by atoms with Gasteiger partial charge in [-0.15, -0.1) is 34.1 Å². The summed E-state index contributed by atoms with van der Waals surface area (Å²) in [4.78, 5) is -0.488. The fraction of sp³-hybridized carbons (Fsp3) is 0.208. The molecule has 3 aromatic rings. The summed E-state index contributed by atoms with van der Waals surface area (Å²) >= 11 is 12.8. The van der Waals surface area contributed by atoms with Crippen LogP contribution in [0.4, 0.5) is 0 Å². The van der Waals surface area contributed by atoms with E-state index in [0.29, 0.717) is 0 Å². The van der Waals surface area contributed by atoms with Crippen LogP contribution in [0.5, 0.6) is 0 Å². The van der Waals surface area contributed by atoms with Gasteiger partial charge in [0, 0.05) is 24.9 Å². The van der Waals surface area contributed by atoms with Crippen molar-refractivity contribution in [3.8, 4) is 0 Å². The standard InChI is InChI=1S/C24H25BCl2N2/c1-19-17-23(24(26)27)28-25(21-13-7-3-8-14-21,22-15-9-4-10-16-22)29(19)18-20-11-5-2-6-12-20/h2-16,23-24,28H,17-18H2,1H3. The average Bonchev–Trinajstić information content (AvgIpc) is 2.77. The maximum absolute atomic E-state index is 6.41. The van der Waals surface area contributed by atoms with Gasteiger partial charge in [-0.1, -0.05) is 91.0 Å². The molecule has 2 nitrogen and oxygen atoms in total. The zero-order valence-electron chi connectivity index (χ0n) is 16.5. The van der Waals surface area contributed by atoms with Crippen molar-refractivity contribution in [1.29, 1.82) is 0 Å². The van der Waals surface area contributed by atoms with Crippen LogP contribution in [0.2, 0.25) is 0 Å². The van der Waals surface area contributed by atoms with E-state index in [1.165, 1.54) is 22.2 Å². The van der Waals surface area contributed by atoms with Crippen molar-refractivity contribution in [2.75, 3.05) is 0 Å². The van der Waals surface area contributed by atoms with Crippen LogP contribution in [-0.4, -0.2) is 27.5 Å². The molecule has 29 heavy (non-hydrogen) atoms. The molecule has 1 aliphatic heterocycles. The third-order valence-electron chi connectivity index (χ3n) is 5.99. The Labute approximate surface area is 183 Å². The molecule has 5 heteroatoms. The SMILES string of the molecule is CC1=[N+](Cc2ccccc2)[B-](c2ccccc2)(c2ccccc2)NC(C(Cl)Cl)C1. The molecule has 0 bridgehead atoms. The average molecular weight is 423 g/mol. The van der Waals surface area contributed by atoms with Crippen molar-refractivity contribution in [3.05, 3.63) is 96.6 Å². The topological polar surface area (TPSA) is 15.0 Å². The lowest BCUT2D eigenvalue weighted by Gasteiger charge is -2.47. The summed E-state index contributed by atoms with van der Waals surface area (Å²) < 4.78 is 2.52. The lowest BCUT2D eigenvalue weighted by atomic mass is 9.35. The van der Waals surface area contributed by atoms with Gasteiger partial charge in [-0.2, -0.15) is 0 Å². The highest BCUT2D eigenvalue weighted by molar-refractivity contribution is 6.94. The number of hydrogen-bond donors (Lipinski definition) is 1. The van der Waals surface area contributed by atoms with Gasteiger partial charge in [-0.25, -0.2) is 0 Å². The third-order valence-corrected chi connectivity index (χ3v) is 6.60. The Morgan fingerprint density at radius 1 is 0.862 bits per heavy atom. The van der Waals surface area contributed by atoms with Gasteiger partial charge in [0.25, 0.3) is 0 Å². The van der Waals surface area contributed by atoms with E-state index >= 15 is 0 Å². The van der Waals surface area contributed by atoms with Crippen LogP contribution in [0, 0.1) is 0 Å². The third kappa shape index (κ3) is 4.00. The first-order chi connectivity index (χ1) is 14.1. The summed E-state index contributed by atoms with van der Waals surface area (Å²) in [5.41, 5.74) is 5.02. The summed E-state index contributed by atoms with van der Waals surface area (Å²) in [6.45, 7) is 3.01. The molecule has 0 amide bonds. The van der Waals surface area contributed by atoms with Gasteiger partial charge in [0.15, 0.2) is 0 Å². The van der Waals surface area contributed by atoms with E-state index < -0.39 is 11.3 Å². The predicted molar refractivity (Wildman–Crippen MR) is 126 cm³/mol. The summed E-state index contributed by atoms with van der Waals surface area (Å²) in [5, 5.41) is 3.90. The molecular weight excluding hydrogens is 398 g/mol. The van der Waals surface area contributed by atoms with Gasteiger partial charge in [0.2, 0.25) is 0 Å². The van der Waals surface area contributed by atoms with Crippen LogP contribution in [0.3, 0.4) is 0 Å². The molecule has 148 valence electrons. The van der Waals surface area contributed by atoms with Crippen molar-refractivity contribution in [2.24, 2.45) is 0 Å². The first-order valence-electron chi connectivity index (χ1n) is 10.1. The van der Waals surface area contributed by atoms with Crippen LogP contribution in [0.1, 0.15) is 18.9 Å². The summed E-state index contributed by atoms with van der Waals surface area (Å²) in [6, 6.07) is 31.9. The van der Waals surface area contributed by atoms with E-state index in [2.05, 4.69) is 108 Å². The van der Waals surface area contributed by atoms with E-state index in [9.17, 15) is 0 Å². The highest BCUT2D eigenvalue weighted by Gasteiger charge is 2.48. The number of hydrogen-bond acceptors (Lipinski definition) is 1. The van der Waals surface area contributed by atoms with Crippen LogP contribution >= 0.6 is 23.2 Å². The second-order valence-electron chi connectivity index (χ2n) is 7.80. The van der Waals surface area contributed by atoms with E-state index in [0.717, 1.165) is 13.0 Å². The van der Waals surface area contributed by atoms with Crippen LogP contribution < -0.4 is 16.2 Å². The van der Waals surface area contributed by atoms with Crippen LogP contribution in [0.25, 0.3) is 0 Å². The van der Waals surface area contributed by atoms with E-state index in [1.54, 1.807) is 0 Å². The zero-order valence-corrected chi connectivity index (χ0v) is 18.0. The lowest BCUT2D eigenvalue weighted by Crippen LogP contribution is -2.80. The van der Waals surface area contributed by atoms with E-state index in [-0.39, 0.29) is 6.04 Å². The van der Waals surface area contributed by atoms with Gasteiger partial charge in [-0.05, 0) is 0 Å². The molecule has 0 fully saturated rings. The first kappa shape index (κ1) is 20.2. The molecule has 0 saturated carbocycles. The number of alkyl halides is 2. The minimum atomic E-state index is -1.46. The van der Waals surface area contributed by atoms with Crippen molar-refractivity contribution in [1.82, 2.24) is 5.23 Å². The highest BCUT2D eigenvalue weighted by Crippen LogP contribution is 2.22. The minimum absolute atomic E-state index is 0.0224. The molecule has 1 N–H and O–H groups in total. The second kappa shape index (κ2) is 8.75. The molecule has 0 radical (unpaired) electrons. The Morgan fingerprint density at radius 2 is 1.34 bits per heavy atom. The molecule has 1 heterocycles. The maximum atomic E-state index is 6.41.